The molecule has 0 saturated carbocycles. The average Bonchev–Trinajstić information content (AvgIpc) is 2.99. The number of allylic oxidation sites excluding steroid dienone is 2. The standard InChI is InChI=1S/C17H28O3/c1-12(13(19)8-9-15(2,3)4)14-17(20-14,10-11-18)16(5,6)7/h8-9,11-12,14H,10H2,1-7H3/t12-,14?,17?/m0/s1. The van der Waals surface area contributed by atoms with E-state index in [0.29, 0.717) is 6.42 Å². The lowest BCUT2D eigenvalue weighted by Crippen LogP contribution is -2.36. The predicted molar refractivity (Wildman–Crippen MR) is 80.5 cm³/mol. The second kappa shape index (κ2) is 5.44. The summed E-state index contributed by atoms with van der Waals surface area (Å²) >= 11 is 0. The van der Waals surface area contributed by atoms with E-state index in [0.717, 1.165) is 6.29 Å². The molecular weight excluding hydrogens is 252 g/mol. The molecule has 20 heavy (non-hydrogen) atoms. The maximum atomic E-state index is 12.2. The molecule has 2 unspecified atom stereocenters. The Kier molecular flexibility index (Phi) is 4.65. The van der Waals surface area contributed by atoms with Crippen LogP contribution in [0.25, 0.3) is 0 Å². The summed E-state index contributed by atoms with van der Waals surface area (Å²) in [5.41, 5.74) is -0.649. The molecule has 1 saturated heterocycles. The van der Waals surface area contributed by atoms with Crippen LogP contribution in [0.4, 0.5) is 0 Å². The second-order valence-corrected chi connectivity index (χ2v) is 7.94. The zero-order chi connectivity index (χ0) is 15.8. The van der Waals surface area contributed by atoms with Crippen LogP contribution in [-0.2, 0) is 14.3 Å². The van der Waals surface area contributed by atoms with E-state index in [2.05, 4.69) is 41.5 Å². The van der Waals surface area contributed by atoms with Gasteiger partial charge in [0.25, 0.3) is 0 Å². The van der Waals surface area contributed by atoms with Gasteiger partial charge >= 0.3 is 0 Å². The van der Waals surface area contributed by atoms with Gasteiger partial charge in [0.05, 0.1) is 6.10 Å². The Balaban J connectivity index is 2.80. The maximum absolute atomic E-state index is 12.2. The van der Waals surface area contributed by atoms with Crippen molar-refractivity contribution in [2.45, 2.75) is 66.6 Å². The molecule has 0 amide bonds. The van der Waals surface area contributed by atoms with Crippen molar-refractivity contribution in [3.8, 4) is 0 Å². The lowest BCUT2D eigenvalue weighted by atomic mass is 9.73. The highest BCUT2D eigenvalue weighted by Crippen LogP contribution is 2.55. The van der Waals surface area contributed by atoms with Gasteiger partial charge in [-0.2, -0.15) is 0 Å². The summed E-state index contributed by atoms with van der Waals surface area (Å²) in [6.07, 6.45) is 4.66. The molecule has 1 aliphatic heterocycles. The van der Waals surface area contributed by atoms with Gasteiger partial charge in [-0.05, 0) is 16.9 Å². The first kappa shape index (κ1) is 17.1. The Hall–Kier alpha value is -0.960. The monoisotopic (exact) mass is 280 g/mol. The van der Waals surface area contributed by atoms with Crippen molar-refractivity contribution < 1.29 is 14.3 Å². The third kappa shape index (κ3) is 3.57. The number of epoxide rings is 1. The molecule has 1 rings (SSSR count). The Morgan fingerprint density at radius 3 is 2.20 bits per heavy atom. The molecule has 3 nitrogen and oxygen atoms in total. The van der Waals surface area contributed by atoms with Gasteiger partial charge < -0.3 is 9.53 Å². The summed E-state index contributed by atoms with van der Waals surface area (Å²) in [6.45, 7) is 14.2. The first-order valence-electron chi connectivity index (χ1n) is 7.29. The van der Waals surface area contributed by atoms with Gasteiger partial charge in [-0.3, -0.25) is 4.79 Å². The molecule has 0 radical (unpaired) electrons. The van der Waals surface area contributed by atoms with Gasteiger partial charge in [-0.25, -0.2) is 0 Å². The quantitative estimate of drug-likeness (QED) is 0.439. The molecule has 0 aromatic rings. The Morgan fingerprint density at radius 2 is 1.80 bits per heavy atom. The van der Waals surface area contributed by atoms with Crippen LogP contribution in [0.1, 0.15) is 54.9 Å². The molecule has 0 spiro atoms. The fourth-order valence-electron chi connectivity index (χ4n) is 2.53. The van der Waals surface area contributed by atoms with Crippen molar-refractivity contribution in [3.05, 3.63) is 12.2 Å². The first-order chi connectivity index (χ1) is 8.94. The van der Waals surface area contributed by atoms with Crippen molar-refractivity contribution >= 4 is 12.1 Å². The van der Waals surface area contributed by atoms with Gasteiger partial charge in [0.15, 0.2) is 5.78 Å². The second-order valence-electron chi connectivity index (χ2n) is 7.94. The van der Waals surface area contributed by atoms with E-state index in [-0.39, 0.29) is 28.6 Å². The lowest BCUT2D eigenvalue weighted by molar-refractivity contribution is -0.118. The van der Waals surface area contributed by atoms with E-state index in [1.165, 1.54) is 0 Å². The highest BCUT2D eigenvalue weighted by atomic mass is 16.6. The number of ketones is 1. The molecule has 3 atom stereocenters. The molecule has 114 valence electrons. The summed E-state index contributed by atoms with van der Waals surface area (Å²) in [6, 6.07) is 0. The van der Waals surface area contributed by atoms with Crippen molar-refractivity contribution in [3.63, 3.8) is 0 Å². The molecule has 0 bridgehead atoms. The minimum absolute atomic E-state index is 0.0102. The highest BCUT2D eigenvalue weighted by molar-refractivity contribution is 5.92. The summed E-state index contributed by atoms with van der Waals surface area (Å²) in [7, 11) is 0. The fraction of sp³-hybridized carbons (Fsp3) is 0.765. The van der Waals surface area contributed by atoms with Crippen molar-refractivity contribution in [2.24, 2.45) is 16.7 Å². The van der Waals surface area contributed by atoms with Gasteiger partial charge in [0.1, 0.15) is 11.9 Å². The highest BCUT2D eigenvalue weighted by Gasteiger charge is 2.65. The molecule has 1 fully saturated rings. The molecule has 1 aliphatic rings. The van der Waals surface area contributed by atoms with Crippen LogP contribution in [0.15, 0.2) is 12.2 Å². The topological polar surface area (TPSA) is 46.7 Å². The summed E-state index contributed by atoms with van der Waals surface area (Å²) in [4.78, 5) is 23.2. The van der Waals surface area contributed by atoms with E-state index >= 15 is 0 Å². The Morgan fingerprint density at radius 1 is 1.25 bits per heavy atom. The lowest BCUT2D eigenvalue weighted by Gasteiger charge is -2.27. The van der Waals surface area contributed by atoms with Crippen LogP contribution < -0.4 is 0 Å². The van der Waals surface area contributed by atoms with Gasteiger partial charge in [-0.1, -0.05) is 54.5 Å². The van der Waals surface area contributed by atoms with Gasteiger partial charge in [0.2, 0.25) is 0 Å². The molecular formula is C17H28O3. The third-order valence-corrected chi connectivity index (χ3v) is 4.05. The van der Waals surface area contributed by atoms with Gasteiger partial charge in [0, 0.05) is 12.3 Å². The SMILES string of the molecule is C[C@@H](C(=O)C=CC(C)(C)C)C1OC1(CC=O)C(C)(C)C. The van der Waals surface area contributed by atoms with Crippen LogP contribution in [-0.4, -0.2) is 23.8 Å². The number of ether oxygens (including phenoxy) is 1. The van der Waals surface area contributed by atoms with E-state index in [4.69, 9.17) is 4.74 Å². The Labute approximate surface area is 122 Å². The minimum atomic E-state index is -0.487. The molecule has 0 aromatic carbocycles. The fourth-order valence-corrected chi connectivity index (χ4v) is 2.53. The number of carbonyl (C=O) groups excluding carboxylic acids is 2. The summed E-state index contributed by atoms with van der Waals surface area (Å²) in [5, 5.41) is 0. The smallest absolute Gasteiger partial charge is 0.160 e. The van der Waals surface area contributed by atoms with Crippen LogP contribution in [0.5, 0.6) is 0 Å². The number of aldehydes is 1. The zero-order valence-corrected chi connectivity index (χ0v) is 13.8. The zero-order valence-electron chi connectivity index (χ0n) is 13.8. The van der Waals surface area contributed by atoms with E-state index < -0.39 is 5.60 Å². The number of hydrogen-bond acceptors (Lipinski definition) is 3. The van der Waals surface area contributed by atoms with Crippen molar-refractivity contribution in [1.82, 2.24) is 0 Å². The van der Waals surface area contributed by atoms with Crippen LogP contribution >= 0.6 is 0 Å². The van der Waals surface area contributed by atoms with Crippen LogP contribution in [0.3, 0.4) is 0 Å². The van der Waals surface area contributed by atoms with Crippen molar-refractivity contribution in [1.29, 1.82) is 0 Å². The normalized spacial score (nSPS) is 28.4. The number of rotatable bonds is 5. The summed E-state index contributed by atoms with van der Waals surface area (Å²) < 4.78 is 5.84. The number of hydrogen-bond donors (Lipinski definition) is 0. The maximum Gasteiger partial charge on any atom is 0.160 e. The minimum Gasteiger partial charge on any atom is -0.364 e. The van der Waals surface area contributed by atoms with E-state index in [1.54, 1.807) is 6.08 Å². The molecule has 0 N–H and O–H groups in total. The average molecular weight is 280 g/mol. The number of carbonyl (C=O) groups is 2. The third-order valence-electron chi connectivity index (χ3n) is 4.05. The van der Waals surface area contributed by atoms with Crippen LogP contribution in [0, 0.1) is 16.7 Å². The first-order valence-corrected chi connectivity index (χ1v) is 7.29. The van der Waals surface area contributed by atoms with Gasteiger partial charge in [-0.15, -0.1) is 0 Å². The molecule has 1 heterocycles. The van der Waals surface area contributed by atoms with E-state index in [9.17, 15) is 9.59 Å². The Bertz CT molecular complexity index is 409. The predicted octanol–water partition coefficient (Wildman–Crippen LogP) is 3.57. The molecule has 3 heteroatoms. The molecule has 0 aromatic heterocycles. The molecule has 0 aliphatic carbocycles. The van der Waals surface area contributed by atoms with E-state index in [1.807, 2.05) is 13.0 Å². The largest absolute Gasteiger partial charge is 0.364 e. The summed E-state index contributed by atoms with van der Waals surface area (Å²) in [5.74, 6) is -0.144. The van der Waals surface area contributed by atoms with Crippen molar-refractivity contribution in [2.75, 3.05) is 0 Å². The van der Waals surface area contributed by atoms with Crippen LogP contribution in [0.2, 0.25) is 0 Å².